The van der Waals surface area contributed by atoms with E-state index in [1.165, 1.54) is 0 Å². The Hall–Kier alpha value is -0.770. The number of amides is 1. The van der Waals surface area contributed by atoms with Gasteiger partial charge in [0.1, 0.15) is 5.60 Å². The highest BCUT2D eigenvalue weighted by molar-refractivity contribution is 5.68. The van der Waals surface area contributed by atoms with Crippen LogP contribution in [0.15, 0.2) is 0 Å². The normalized spacial score (nSPS) is 27.8. The first kappa shape index (κ1) is 14.3. The highest BCUT2D eigenvalue weighted by Crippen LogP contribution is 2.27. The summed E-state index contributed by atoms with van der Waals surface area (Å²) in [4.78, 5) is 13.6. The molecule has 0 bridgehead atoms. The Balaban J connectivity index is 2.52. The zero-order valence-corrected chi connectivity index (χ0v) is 11.6. The number of carbonyl (C=O) groups is 1. The van der Waals surface area contributed by atoms with Gasteiger partial charge in [0.2, 0.25) is 0 Å². The van der Waals surface area contributed by atoms with Crippen LogP contribution < -0.4 is 0 Å². The number of aliphatic hydroxyl groups excluding tert-OH is 1. The van der Waals surface area contributed by atoms with E-state index in [0.717, 1.165) is 6.42 Å². The maximum atomic E-state index is 11.9. The lowest BCUT2D eigenvalue weighted by atomic mass is 9.83. The first-order valence-electron chi connectivity index (χ1n) is 6.36. The molecule has 3 unspecified atom stereocenters. The largest absolute Gasteiger partial charge is 0.444 e. The monoisotopic (exact) mass is 243 g/mol. The number of hydrogen-bond donors (Lipinski definition) is 1. The summed E-state index contributed by atoms with van der Waals surface area (Å²) < 4.78 is 5.35. The Labute approximate surface area is 104 Å². The van der Waals surface area contributed by atoms with E-state index >= 15 is 0 Å². The molecule has 3 atom stereocenters. The zero-order valence-electron chi connectivity index (χ0n) is 11.6. The van der Waals surface area contributed by atoms with Gasteiger partial charge in [-0.1, -0.05) is 6.92 Å². The van der Waals surface area contributed by atoms with Crippen LogP contribution in [0, 0.1) is 11.8 Å². The van der Waals surface area contributed by atoms with Crippen molar-refractivity contribution in [2.75, 3.05) is 13.1 Å². The van der Waals surface area contributed by atoms with E-state index in [1.54, 1.807) is 4.90 Å². The van der Waals surface area contributed by atoms with Crippen LogP contribution >= 0.6 is 0 Å². The van der Waals surface area contributed by atoms with Crippen LogP contribution in [0.3, 0.4) is 0 Å². The van der Waals surface area contributed by atoms with Crippen molar-refractivity contribution in [2.24, 2.45) is 11.8 Å². The molecule has 0 spiro atoms. The van der Waals surface area contributed by atoms with E-state index in [0.29, 0.717) is 19.0 Å². The first-order valence-corrected chi connectivity index (χ1v) is 6.36. The third kappa shape index (κ3) is 4.19. The predicted octanol–water partition coefficient (Wildman–Crippen LogP) is 2.26. The number of nitrogens with zero attached hydrogens (tertiary/aromatic N) is 1. The molecule has 1 N–H and O–H groups in total. The fourth-order valence-electron chi connectivity index (χ4n) is 2.37. The number of piperidine rings is 1. The molecule has 1 rings (SSSR count). The predicted molar refractivity (Wildman–Crippen MR) is 66.8 cm³/mol. The molecule has 4 heteroatoms. The van der Waals surface area contributed by atoms with Gasteiger partial charge >= 0.3 is 6.09 Å². The van der Waals surface area contributed by atoms with Crippen LogP contribution in [-0.2, 0) is 4.74 Å². The molecule has 0 aromatic rings. The van der Waals surface area contributed by atoms with Crippen LogP contribution in [0.5, 0.6) is 0 Å². The number of hydrogen-bond acceptors (Lipinski definition) is 3. The smallest absolute Gasteiger partial charge is 0.410 e. The third-order valence-electron chi connectivity index (χ3n) is 3.24. The standard InChI is InChI=1S/C13H25NO3/c1-9-8-14(7-6-11(9)10(2)15)12(16)17-13(3,4)5/h9-11,15H,6-8H2,1-5H3. The number of ether oxygens (including phenoxy) is 1. The van der Waals surface area contributed by atoms with E-state index in [4.69, 9.17) is 4.74 Å². The summed E-state index contributed by atoms with van der Waals surface area (Å²) in [5, 5.41) is 9.62. The van der Waals surface area contributed by atoms with Gasteiger partial charge in [0.15, 0.2) is 0 Å². The van der Waals surface area contributed by atoms with Gasteiger partial charge in [0, 0.05) is 13.1 Å². The van der Waals surface area contributed by atoms with Crippen LogP contribution in [0.25, 0.3) is 0 Å². The van der Waals surface area contributed by atoms with E-state index in [-0.39, 0.29) is 18.1 Å². The SMILES string of the molecule is CC(O)C1CCN(C(=O)OC(C)(C)C)CC1C. The fourth-order valence-corrected chi connectivity index (χ4v) is 2.37. The van der Waals surface area contributed by atoms with Gasteiger partial charge in [0.25, 0.3) is 0 Å². The maximum absolute atomic E-state index is 11.9. The van der Waals surface area contributed by atoms with Gasteiger partial charge in [-0.15, -0.1) is 0 Å². The molecule has 0 radical (unpaired) electrons. The van der Waals surface area contributed by atoms with E-state index in [2.05, 4.69) is 6.92 Å². The lowest BCUT2D eigenvalue weighted by molar-refractivity contribution is -0.00396. The van der Waals surface area contributed by atoms with Crippen molar-refractivity contribution in [3.05, 3.63) is 0 Å². The van der Waals surface area contributed by atoms with Gasteiger partial charge < -0.3 is 14.7 Å². The number of carbonyl (C=O) groups excluding carboxylic acids is 1. The Morgan fingerprint density at radius 3 is 2.47 bits per heavy atom. The molecule has 1 heterocycles. The first-order chi connectivity index (χ1) is 7.70. The highest BCUT2D eigenvalue weighted by Gasteiger charge is 2.33. The van der Waals surface area contributed by atoms with Crippen LogP contribution in [-0.4, -0.2) is 40.9 Å². The molecule has 1 aliphatic heterocycles. The lowest BCUT2D eigenvalue weighted by Gasteiger charge is -2.38. The second kappa shape index (κ2) is 5.25. The Kier molecular flexibility index (Phi) is 4.42. The van der Waals surface area contributed by atoms with Crippen molar-refractivity contribution < 1.29 is 14.6 Å². The van der Waals surface area contributed by atoms with Crippen molar-refractivity contribution in [1.29, 1.82) is 0 Å². The van der Waals surface area contributed by atoms with Gasteiger partial charge in [-0.05, 0) is 46.0 Å². The number of aliphatic hydroxyl groups is 1. The second-order valence-corrected chi connectivity index (χ2v) is 6.10. The van der Waals surface area contributed by atoms with E-state index in [1.807, 2.05) is 27.7 Å². The zero-order chi connectivity index (χ0) is 13.2. The summed E-state index contributed by atoms with van der Waals surface area (Å²) in [7, 11) is 0. The van der Waals surface area contributed by atoms with E-state index in [9.17, 15) is 9.90 Å². The molecular formula is C13H25NO3. The van der Waals surface area contributed by atoms with Crippen LogP contribution in [0.1, 0.15) is 41.0 Å². The molecule has 1 saturated heterocycles. The topological polar surface area (TPSA) is 49.8 Å². The van der Waals surface area contributed by atoms with Crippen molar-refractivity contribution in [2.45, 2.75) is 52.7 Å². The Morgan fingerprint density at radius 2 is 2.06 bits per heavy atom. The summed E-state index contributed by atoms with van der Waals surface area (Å²) in [5.74, 6) is 0.602. The number of likely N-dealkylation sites (tertiary alicyclic amines) is 1. The van der Waals surface area contributed by atoms with Gasteiger partial charge in [0.05, 0.1) is 6.10 Å². The summed E-state index contributed by atoms with van der Waals surface area (Å²) in [5.41, 5.74) is -0.443. The Bertz CT molecular complexity index is 270. The number of rotatable bonds is 1. The highest BCUT2D eigenvalue weighted by atomic mass is 16.6. The fraction of sp³-hybridized carbons (Fsp3) is 0.923. The van der Waals surface area contributed by atoms with Gasteiger partial charge in [-0.2, -0.15) is 0 Å². The summed E-state index contributed by atoms with van der Waals surface area (Å²) in [6, 6.07) is 0. The molecule has 100 valence electrons. The maximum Gasteiger partial charge on any atom is 0.410 e. The molecule has 4 nitrogen and oxygen atoms in total. The van der Waals surface area contributed by atoms with Gasteiger partial charge in [-0.3, -0.25) is 0 Å². The summed E-state index contributed by atoms with van der Waals surface area (Å²) in [6.07, 6.45) is 0.303. The van der Waals surface area contributed by atoms with Crippen molar-refractivity contribution in [3.63, 3.8) is 0 Å². The average Bonchev–Trinajstić information content (AvgIpc) is 2.14. The van der Waals surface area contributed by atoms with E-state index < -0.39 is 5.60 Å². The minimum Gasteiger partial charge on any atom is -0.444 e. The summed E-state index contributed by atoms with van der Waals surface area (Å²) >= 11 is 0. The molecular weight excluding hydrogens is 218 g/mol. The molecule has 0 aromatic carbocycles. The second-order valence-electron chi connectivity index (χ2n) is 6.10. The van der Waals surface area contributed by atoms with Gasteiger partial charge in [-0.25, -0.2) is 4.79 Å². The quantitative estimate of drug-likeness (QED) is 0.768. The van der Waals surface area contributed by atoms with Crippen LogP contribution in [0.2, 0.25) is 0 Å². The third-order valence-corrected chi connectivity index (χ3v) is 3.24. The average molecular weight is 243 g/mol. The molecule has 0 aromatic heterocycles. The molecule has 17 heavy (non-hydrogen) atoms. The Morgan fingerprint density at radius 1 is 1.47 bits per heavy atom. The lowest BCUT2D eigenvalue weighted by Crippen LogP contribution is -2.47. The summed E-state index contributed by atoms with van der Waals surface area (Å²) in [6.45, 7) is 10.9. The van der Waals surface area contributed by atoms with Crippen LogP contribution in [0.4, 0.5) is 4.79 Å². The van der Waals surface area contributed by atoms with Crippen molar-refractivity contribution in [3.8, 4) is 0 Å². The van der Waals surface area contributed by atoms with Crippen molar-refractivity contribution in [1.82, 2.24) is 4.90 Å². The molecule has 1 amide bonds. The molecule has 0 aliphatic carbocycles. The minimum absolute atomic E-state index is 0.242. The molecule has 0 saturated carbocycles. The van der Waals surface area contributed by atoms with Crippen molar-refractivity contribution >= 4 is 6.09 Å². The molecule has 1 fully saturated rings. The minimum atomic E-state index is -0.443. The molecule has 1 aliphatic rings.